The van der Waals surface area contributed by atoms with E-state index in [1.165, 1.54) is 0 Å². The van der Waals surface area contributed by atoms with Crippen molar-refractivity contribution >= 4 is 17.7 Å². The lowest BCUT2D eigenvalue weighted by atomic mass is 10.1. The molecule has 17 heavy (non-hydrogen) atoms. The molecule has 0 saturated carbocycles. The minimum absolute atomic E-state index is 0.0262. The fourth-order valence-corrected chi connectivity index (χ4v) is 3.26. The summed E-state index contributed by atoms with van der Waals surface area (Å²) >= 11 is 1.82. The Bertz CT molecular complexity index is 258. The number of amides is 1. The highest BCUT2D eigenvalue weighted by molar-refractivity contribution is 7.98. The van der Waals surface area contributed by atoms with Gasteiger partial charge in [0, 0.05) is 11.8 Å². The summed E-state index contributed by atoms with van der Waals surface area (Å²) in [7, 11) is 0. The molecule has 0 bridgehead atoms. The second-order valence-corrected chi connectivity index (χ2v) is 5.99. The van der Waals surface area contributed by atoms with Gasteiger partial charge in [-0.05, 0) is 25.0 Å². The molecule has 1 saturated heterocycles. The number of hydrogen-bond acceptors (Lipinski definition) is 3. The zero-order valence-electron chi connectivity index (χ0n) is 11.7. The van der Waals surface area contributed by atoms with Crippen LogP contribution in [0.4, 0.5) is 0 Å². The van der Waals surface area contributed by atoms with Crippen LogP contribution in [0.2, 0.25) is 0 Å². The first-order valence-corrected chi connectivity index (χ1v) is 8.03. The van der Waals surface area contributed by atoms with Crippen molar-refractivity contribution in [3.63, 3.8) is 0 Å². The highest BCUT2D eigenvalue weighted by Gasteiger charge is 2.41. The molecule has 0 spiro atoms. The molecule has 4 heteroatoms. The predicted octanol–water partition coefficient (Wildman–Crippen LogP) is 2.32. The number of carbonyl (C=O) groups is 1. The Hall–Kier alpha value is -0.220. The average Bonchev–Trinajstić information content (AvgIpc) is 2.63. The molecule has 1 heterocycles. The maximum Gasteiger partial charge on any atom is 0.241 e. The van der Waals surface area contributed by atoms with Crippen molar-refractivity contribution in [3.8, 4) is 0 Å². The quantitative estimate of drug-likeness (QED) is 0.793. The van der Waals surface area contributed by atoms with Crippen LogP contribution in [0.5, 0.6) is 0 Å². The molecule has 1 aliphatic heterocycles. The van der Waals surface area contributed by atoms with Crippen molar-refractivity contribution in [2.75, 3.05) is 12.0 Å². The van der Waals surface area contributed by atoms with Gasteiger partial charge < -0.3 is 4.90 Å². The summed E-state index contributed by atoms with van der Waals surface area (Å²) in [5, 5.41) is 3.48. The van der Waals surface area contributed by atoms with Crippen molar-refractivity contribution in [2.24, 2.45) is 5.92 Å². The number of nitrogens with zero attached hydrogens (tertiary/aromatic N) is 1. The number of nitrogens with one attached hydrogen (secondary N) is 1. The molecule has 1 amide bonds. The van der Waals surface area contributed by atoms with Crippen LogP contribution < -0.4 is 5.32 Å². The molecule has 3 nitrogen and oxygen atoms in total. The van der Waals surface area contributed by atoms with E-state index in [-0.39, 0.29) is 12.2 Å². The first-order chi connectivity index (χ1) is 8.06. The molecular weight excluding hydrogens is 232 g/mol. The van der Waals surface area contributed by atoms with E-state index in [0.29, 0.717) is 17.9 Å². The maximum atomic E-state index is 12.4. The summed E-state index contributed by atoms with van der Waals surface area (Å²) < 4.78 is 0. The predicted molar refractivity (Wildman–Crippen MR) is 75.1 cm³/mol. The third kappa shape index (κ3) is 3.16. The minimum Gasteiger partial charge on any atom is -0.322 e. The topological polar surface area (TPSA) is 32.3 Å². The lowest BCUT2D eigenvalue weighted by Gasteiger charge is -2.34. The van der Waals surface area contributed by atoms with Crippen molar-refractivity contribution in [1.29, 1.82) is 0 Å². The molecule has 1 aliphatic rings. The molecule has 1 N–H and O–H groups in total. The lowest BCUT2D eigenvalue weighted by Crippen LogP contribution is -2.48. The molecular formula is C13H26N2OS. The van der Waals surface area contributed by atoms with Crippen LogP contribution in [-0.2, 0) is 4.79 Å². The van der Waals surface area contributed by atoms with Crippen molar-refractivity contribution in [1.82, 2.24) is 10.2 Å². The second-order valence-electron chi connectivity index (χ2n) is 5.08. The summed E-state index contributed by atoms with van der Waals surface area (Å²) in [4.78, 5) is 14.5. The van der Waals surface area contributed by atoms with Crippen LogP contribution in [0.1, 0.15) is 40.5 Å². The van der Waals surface area contributed by atoms with Crippen LogP contribution in [0.3, 0.4) is 0 Å². The van der Waals surface area contributed by atoms with Gasteiger partial charge in [-0.3, -0.25) is 10.1 Å². The van der Waals surface area contributed by atoms with Gasteiger partial charge in [0.15, 0.2) is 0 Å². The molecule has 1 rings (SSSR count). The first-order valence-electron chi connectivity index (χ1n) is 6.63. The molecule has 3 atom stereocenters. The fraction of sp³-hybridized carbons (Fsp3) is 0.923. The van der Waals surface area contributed by atoms with Gasteiger partial charge in [-0.25, -0.2) is 0 Å². The Kier molecular flexibility index (Phi) is 5.80. The van der Waals surface area contributed by atoms with E-state index in [2.05, 4.69) is 44.2 Å². The normalized spacial score (nSPS) is 26.9. The molecule has 0 radical (unpaired) electrons. The Morgan fingerprint density at radius 1 is 1.41 bits per heavy atom. The standard InChI is InChI=1S/C13H26N2OS/c1-6-10(8-17-5)15-12(9(3)4)14-11(7-2)13(15)16/h9-12,14H,6-8H2,1-5H3. The molecule has 3 unspecified atom stereocenters. The first kappa shape index (κ1) is 14.8. The third-order valence-corrected chi connectivity index (χ3v) is 4.21. The third-order valence-electron chi connectivity index (χ3n) is 3.49. The van der Waals surface area contributed by atoms with Crippen LogP contribution in [-0.4, -0.2) is 41.1 Å². The van der Waals surface area contributed by atoms with E-state index in [4.69, 9.17) is 0 Å². The highest BCUT2D eigenvalue weighted by Crippen LogP contribution is 2.24. The summed E-state index contributed by atoms with van der Waals surface area (Å²) in [6, 6.07) is 0.396. The lowest BCUT2D eigenvalue weighted by molar-refractivity contribution is -0.132. The van der Waals surface area contributed by atoms with Gasteiger partial charge in [-0.2, -0.15) is 11.8 Å². The second kappa shape index (κ2) is 6.64. The fourth-order valence-electron chi connectivity index (χ4n) is 2.48. The summed E-state index contributed by atoms with van der Waals surface area (Å²) in [5.41, 5.74) is 0. The number of rotatable bonds is 6. The Balaban J connectivity index is 2.86. The monoisotopic (exact) mass is 258 g/mol. The molecule has 0 aliphatic carbocycles. The molecule has 100 valence electrons. The molecule has 1 fully saturated rings. The minimum atomic E-state index is 0.0262. The summed E-state index contributed by atoms with van der Waals surface area (Å²) in [6.07, 6.45) is 4.24. The average molecular weight is 258 g/mol. The molecule has 0 aromatic rings. The van der Waals surface area contributed by atoms with E-state index in [1.807, 2.05) is 11.8 Å². The molecule has 0 aromatic heterocycles. The van der Waals surface area contributed by atoms with Crippen LogP contribution in [0.15, 0.2) is 0 Å². The van der Waals surface area contributed by atoms with Gasteiger partial charge in [0.05, 0.1) is 12.2 Å². The van der Waals surface area contributed by atoms with Crippen LogP contribution in [0, 0.1) is 5.92 Å². The number of thioether (sulfide) groups is 1. The summed E-state index contributed by atoms with van der Waals surface area (Å²) in [6.45, 7) is 8.61. The van der Waals surface area contributed by atoms with E-state index >= 15 is 0 Å². The van der Waals surface area contributed by atoms with Gasteiger partial charge in [0.25, 0.3) is 0 Å². The zero-order valence-corrected chi connectivity index (χ0v) is 12.5. The maximum absolute atomic E-state index is 12.4. The van der Waals surface area contributed by atoms with Gasteiger partial charge in [0.1, 0.15) is 0 Å². The zero-order chi connectivity index (χ0) is 13.0. The van der Waals surface area contributed by atoms with Crippen molar-refractivity contribution in [2.45, 2.75) is 58.8 Å². The van der Waals surface area contributed by atoms with Gasteiger partial charge in [0.2, 0.25) is 5.91 Å². The van der Waals surface area contributed by atoms with E-state index in [0.717, 1.165) is 18.6 Å². The van der Waals surface area contributed by atoms with Crippen LogP contribution in [0.25, 0.3) is 0 Å². The van der Waals surface area contributed by atoms with Crippen molar-refractivity contribution in [3.05, 3.63) is 0 Å². The van der Waals surface area contributed by atoms with Crippen LogP contribution >= 0.6 is 11.8 Å². The molecule has 0 aromatic carbocycles. The number of carbonyl (C=O) groups excluding carboxylic acids is 1. The number of hydrogen-bond donors (Lipinski definition) is 1. The Labute approximate surface area is 110 Å². The Morgan fingerprint density at radius 3 is 2.47 bits per heavy atom. The smallest absolute Gasteiger partial charge is 0.241 e. The highest BCUT2D eigenvalue weighted by atomic mass is 32.2. The SMILES string of the molecule is CCC1NC(C(C)C)N(C(CC)CSC)C1=O. The van der Waals surface area contributed by atoms with E-state index < -0.39 is 0 Å². The van der Waals surface area contributed by atoms with E-state index in [9.17, 15) is 4.79 Å². The van der Waals surface area contributed by atoms with Crippen molar-refractivity contribution < 1.29 is 4.79 Å². The van der Waals surface area contributed by atoms with Gasteiger partial charge in [-0.15, -0.1) is 0 Å². The van der Waals surface area contributed by atoms with E-state index in [1.54, 1.807) is 0 Å². The largest absolute Gasteiger partial charge is 0.322 e. The van der Waals surface area contributed by atoms with Gasteiger partial charge in [-0.1, -0.05) is 27.7 Å². The van der Waals surface area contributed by atoms with Gasteiger partial charge >= 0.3 is 0 Å². The Morgan fingerprint density at radius 2 is 2.06 bits per heavy atom. The summed E-state index contributed by atoms with van der Waals surface area (Å²) in [5.74, 6) is 1.79.